The summed E-state index contributed by atoms with van der Waals surface area (Å²) >= 11 is 0. The standard InChI is InChI=1S/C24H26O5.C8H10O3/c1-18(13-14-20-9-5-3-6-10-20)23(26)28-17-22(16-25)29-24(27)19(2)15-21-11-7-4-8-12-21;1-5(2)7(9)11-8(10)6(3)4/h3-12,15,22,25H,1,13-14,16-17H2,2H3;1,3H2,2,4H3. The van der Waals surface area contributed by atoms with Crippen LogP contribution in [0.5, 0.6) is 0 Å². The average Bonchev–Trinajstić information content (AvgIpc) is 2.94. The molecule has 0 saturated heterocycles. The number of carbonyl (C=O) groups excluding carboxylic acids is 4. The molecule has 0 amide bonds. The Bertz CT molecular complexity index is 1200. The summed E-state index contributed by atoms with van der Waals surface area (Å²) in [6.45, 7) is 14.3. The number of hydrogen-bond donors (Lipinski definition) is 1. The third-order valence-electron chi connectivity index (χ3n) is 5.11. The Hall–Kier alpha value is -4.56. The highest BCUT2D eigenvalue weighted by Crippen LogP contribution is 2.11. The molecule has 8 nitrogen and oxygen atoms in total. The largest absolute Gasteiger partial charge is 0.458 e. The quantitative estimate of drug-likeness (QED) is 0.172. The number of hydrogen-bond acceptors (Lipinski definition) is 8. The molecular formula is C32H36O8. The first-order valence-corrected chi connectivity index (χ1v) is 12.5. The molecule has 0 aliphatic heterocycles. The zero-order chi connectivity index (χ0) is 30.1. The van der Waals surface area contributed by atoms with Crippen LogP contribution < -0.4 is 0 Å². The summed E-state index contributed by atoms with van der Waals surface area (Å²) in [6, 6.07) is 19.1. The third-order valence-corrected chi connectivity index (χ3v) is 5.11. The summed E-state index contributed by atoms with van der Waals surface area (Å²) in [4.78, 5) is 45.6. The molecule has 0 radical (unpaired) electrons. The molecule has 0 bridgehead atoms. The Morgan fingerprint density at radius 2 is 1.32 bits per heavy atom. The van der Waals surface area contributed by atoms with Crippen molar-refractivity contribution in [2.24, 2.45) is 0 Å². The summed E-state index contributed by atoms with van der Waals surface area (Å²) in [6.07, 6.45) is 1.89. The minimum absolute atomic E-state index is 0.194. The Labute approximate surface area is 235 Å². The molecule has 8 heteroatoms. The average molecular weight is 549 g/mol. The van der Waals surface area contributed by atoms with Crippen LogP contribution in [-0.2, 0) is 39.8 Å². The van der Waals surface area contributed by atoms with Crippen LogP contribution in [0.25, 0.3) is 6.08 Å². The highest BCUT2D eigenvalue weighted by Gasteiger charge is 2.18. The zero-order valence-electron chi connectivity index (χ0n) is 23.2. The maximum atomic E-state index is 12.2. The van der Waals surface area contributed by atoms with E-state index in [1.165, 1.54) is 13.8 Å². The van der Waals surface area contributed by atoms with Crippen molar-refractivity contribution in [3.63, 3.8) is 0 Å². The van der Waals surface area contributed by atoms with Crippen molar-refractivity contribution in [2.75, 3.05) is 13.2 Å². The Balaban J connectivity index is 0.000000614. The molecular weight excluding hydrogens is 512 g/mol. The van der Waals surface area contributed by atoms with Gasteiger partial charge in [-0.1, -0.05) is 80.4 Å². The molecule has 2 aromatic carbocycles. The minimum Gasteiger partial charge on any atom is -0.458 e. The second kappa shape index (κ2) is 17.9. The van der Waals surface area contributed by atoms with Crippen LogP contribution >= 0.6 is 0 Å². The second-order valence-corrected chi connectivity index (χ2v) is 8.87. The van der Waals surface area contributed by atoms with E-state index < -0.39 is 36.6 Å². The van der Waals surface area contributed by atoms with E-state index in [0.717, 1.165) is 11.1 Å². The fraction of sp³-hybridized carbons (Fsp3) is 0.250. The van der Waals surface area contributed by atoms with Gasteiger partial charge in [0.1, 0.15) is 6.61 Å². The highest BCUT2D eigenvalue weighted by molar-refractivity contribution is 6.00. The molecule has 1 atom stereocenters. The van der Waals surface area contributed by atoms with Crippen LogP contribution in [0, 0.1) is 0 Å². The lowest BCUT2D eigenvalue weighted by molar-refractivity contribution is -0.156. The van der Waals surface area contributed by atoms with Crippen molar-refractivity contribution in [1.82, 2.24) is 0 Å². The molecule has 0 heterocycles. The van der Waals surface area contributed by atoms with Gasteiger partial charge in [-0.05, 0) is 50.8 Å². The number of rotatable bonds is 12. The lowest BCUT2D eigenvalue weighted by Crippen LogP contribution is -2.29. The van der Waals surface area contributed by atoms with E-state index in [0.29, 0.717) is 24.0 Å². The predicted molar refractivity (Wildman–Crippen MR) is 153 cm³/mol. The summed E-state index contributed by atoms with van der Waals surface area (Å²) in [5.74, 6) is -2.56. The SMILES string of the molecule is C=C(C)C(=O)OC(=O)C(=C)C.C=C(CCc1ccccc1)C(=O)OCC(CO)OC(=O)C(C)=Cc1ccccc1. The van der Waals surface area contributed by atoms with E-state index >= 15 is 0 Å². The summed E-state index contributed by atoms with van der Waals surface area (Å²) in [7, 11) is 0. The van der Waals surface area contributed by atoms with Crippen LogP contribution in [-0.4, -0.2) is 48.3 Å². The molecule has 1 unspecified atom stereocenters. The van der Waals surface area contributed by atoms with Gasteiger partial charge in [-0.2, -0.15) is 0 Å². The van der Waals surface area contributed by atoms with Gasteiger partial charge in [-0.15, -0.1) is 0 Å². The molecule has 212 valence electrons. The predicted octanol–water partition coefficient (Wildman–Crippen LogP) is 4.93. The van der Waals surface area contributed by atoms with Crippen molar-refractivity contribution >= 4 is 30.0 Å². The lowest BCUT2D eigenvalue weighted by Gasteiger charge is -2.16. The van der Waals surface area contributed by atoms with E-state index in [4.69, 9.17) is 9.47 Å². The van der Waals surface area contributed by atoms with Crippen molar-refractivity contribution < 1.29 is 38.5 Å². The van der Waals surface area contributed by atoms with Crippen LogP contribution in [0.3, 0.4) is 0 Å². The number of ether oxygens (including phenoxy) is 3. The molecule has 40 heavy (non-hydrogen) atoms. The van der Waals surface area contributed by atoms with Gasteiger partial charge < -0.3 is 19.3 Å². The fourth-order valence-corrected chi connectivity index (χ4v) is 2.80. The van der Waals surface area contributed by atoms with Crippen LogP contribution in [0.1, 0.15) is 38.3 Å². The van der Waals surface area contributed by atoms with Gasteiger partial charge in [0, 0.05) is 22.3 Å². The number of carbonyl (C=O) groups is 4. The molecule has 1 N–H and O–H groups in total. The van der Waals surface area contributed by atoms with E-state index in [9.17, 15) is 24.3 Å². The van der Waals surface area contributed by atoms with Gasteiger partial charge in [0.15, 0.2) is 6.10 Å². The second-order valence-electron chi connectivity index (χ2n) is 8.87. The molecule has 0 saturated carbocycles. The van der Waals surface area contributed by atoms with Gasteiger partial charge >= 0.3 is 23.9 Å². The highest BCUT2D eigenvalue weighted by atomic mass is 16.6. The van der Waals surface area contributed by atoms with E-state index in [1.807, 2.05) is 60.7 Å². The first-order chi connectivity index (χ1) is 18.9. The minimum atomic E-state index is -0.938. The number of esters is 4. The first-order valence-electron chi connectivity index (χ1n) is 12.5. The number of aryl methyl sites for hydroxylation is 1. The zero-order valence-corrected chi connectivity index (χ0v) is 23.2. The first kappa shape index (κ1) is 33.5. The third kappa shape index (κ3) is 13.3. The van der Waals surface area contributed by atoms with Gasteiger partial charge in [0.25, 0.3) is 0 Å². The molecule has 0 spiro atoms. The molecule has 0 aliphatic carbocycles. The van der Waals surface area contributed by atoms with Gasteiger partial charge in [-0.25, -0.2) is 19.2 Å². The van der Waals surface area contributed by atoms with E-state index in [2.05, 4.69) is 24.5 Å². The topological polar surface area (TPSA) is 116 Å². The van der Waals surface area contributed by atoms with Crippen molar-refractivity contribution in [1.29, 1.82) is 0 Å². The Morgan fingerprint density at radius 3 is 1.82 bits per heavy atom. The smallest absolute Gasteiger partial charge is 0.340 e. The molecule has 2 rings (SSSR count). The van der Waals surface area contributed by atoms with E-state index in [-0.39, 0.29) is 17.8 Å². The summed E-state index contributed by atoms with van der Waals surface area (Å²) in [5.41, 5.74) is 3.07. The summed E-state index contributed by atoms with van der Waals surface area (Å²) in [5, 5.41) is 9.44. The van der Waals surface area contributed by atoms with Crippen molar-refractivity contribution in [2.45, 2.75) is 39.7 Å². The van der Waals surface area contributed by atoms with Gasteiger partial charge in [0.2, 0.25) is 0 Å². The van der Waals surface area contributed by atoms with Crippen LogP contribution in [0.15, 0.2) is 103 Å². The molecule has 0 fully saturated rings. The summed E-state index contributed by atoms with van der Waals surface area (Å²) < 4.78 is 14.7. The van der Waals surface area contributed by atoms with Crippen LogP contribution in [0.2, 0.25) is 0 Å². The lowest BCUT2D eigenvalue weighted by atomic mass is 10.1. The van der Waals surface area contributed by atoms with Gasteiger partial charge in [0.05, 0.1) is 6.61 Å². The van der Waals surface area contributed by atoms with Crippen molar-refractivity contribution in [3.8, 4) is 0 Å². The number of benzene rings is 2. The monoisotopic (exact) mass is 548 g/mol. The fourth-order valence-electron chi connectivity index (χ4n) is 2.80. The molecule has 0 aromatic heterocycles. The Kier molecular flexibility index (Phi) is 14.9. The van der Waals surface area contributed by atoms with E-state index in [1.54, 1.807) is 13.0 Å². The van der Waals surface area contributed by atoms with Crippen LogP contribution in [0.4, 0.5) is 0 Å². The molecule has 0 aliphatic rings. The Morgan fingerprint density at radius 1 is 0.800 bits per heavy atom. The normalized spacial score (nSPS) is 11.2. The van der Waals surface area contributed by atoms with Crippen molar-refractivity contribution in [3.05, 3.63) is 114 Å². The van der Waals surface area contributed by atoms with Gasteiger partial charge in [-0.3, -0.25) is 0 Å². The number of aliphatic hydroxyl groups is 1. The maximum Gasteiger partial charge on any atom is 0.340 e. The molecule has 2 aromatic rings. The maximum absolute atomic E-state index is 12.2. The number of aliphatic hydroxyl groups excluding tert-OH is 1.